The molecule has 1 heterocycles. The molecule has 0 amide bonds. The van der Waals surface area contributed by atoms with Crippen LogP contribution >= 0.6 is 0 Å². The number of halogens is 1. The van der Waals surface area contributed by atoms with E-state index in [-0.39, 0.29) is 5.82 Å². The predicted octanol–water partition coefficient (Wildman–Crippen LogP) is 5.40. The summed E-state index contributed by atoms with van der Waals surface area (Å²) in [5, 5.41) is 12.5. The second kappa shape index (κ2) is 16.5. The number of hydrogen-bond donors (Lipinski definition) is 2. The molecule has 5 nitrogen and oxygen atoms in total. The molecule has 184 valence electrons. The van der Waals surface area contributed by atoms with Gasteiger partial charge in [0.1, 0.15) is 5.82 Å². The van der Waals surface area contributed by atoms with E-state index < -0.39 is 0 Å². The van der Waals surface area contributed by atoms with E-state index >= 15 is 0 Å². The van der Waals surface area contributed by atoms with Gasteiger partial charge < -0.3 is 5.32 Å². The minimum absolute atomic E-state index is 0.0370. The van der Waals surface area contributed by atoms with Gasteiger partial charge >= 0.3 is 0 Å². The van der Waals surface area contributed by atoms with Crippen LogP contribution in [0.4, 0.5) is 4.39 Å². The fraction of sp³-hybridized carbons (Fsp3) is 0.393. The Hall–Kier alpha value is -3.14. The summed E-state index contributed by atoms with van der Waals surface area (Å²) in [6, 6.07) is 7.54. The topological polar surface area (TPSA) is 68.3 Å². The van der Waals surface area contributed by atoms with E-state index in [1.54, 1.807) is 24.4 Å². The third kappa shape index (κ3) is 11.1. The van der Waals surface area contributed by atoms with Crippen LogP contribution in [0.1, 0.15) is 43.6 Å². The van der Waals surface area contributed by atoms with Crippen molar-refractivity contribution >= 4 is 0 Å². The summed E-state index contributed by atoms with van der Waals surface area (Å²) in [6.45, 7) is 17.5. The Morgan fingerprint density at radius 2 is 2.00 bits per heavy atom. The Bertz CT molecular complexity index is 866. The van der Waals surface area contributed by atoms with E-state index in [1.165, 1.54) is 38.3 Å². The molecule has 2 aliphatic rings. The van der Waals surface area contributed by atoms with Crippen molar-refractivity contribution < 1.29 is 4.39 Å². The van der Waals surface area contributed by atoms with Crippen molar-refractivity contribution in [2.24, 2.45) is 5.84 Å². The van der Waals surface area contributed by atoms with Crippen LogP contribution in [0, 0.1) is 17.3 Å². The summed E-state index contributed by atoms with van der Waals surface area (Å²) in [6.07, 6.45) is 14.6. The number of hydrogen-bond acceptors (Lipinski definition) is 5. The average Bonchev–Trinajstić information content (AvgIpc) is 3.60. The molecule has 1 saturated heterocycles. The van der Waals surface area contributed by atoms with Crippen molar-refractivity contribution in [3.8, 4) is 6.19 Å². The highest BCUT2D eigenvalue weighted by Gasteiger charge is 2.25. The molecule has 1 aromatic rings. The quantitative estimate of drug-likeness (QED) is 0.121. The van der Waals surface area contributed by atoms with Crippen molar-refractivity contribution in [3.05, 3.63) is 97.5 Å². The molecule has 1 atom stereocenters. The van der Waals surface area contributed by atoms with Crippen LogP contribution in [0.15, 0.2) is 86.2 Å². The SMILES string of the molecule is C=C/C=C(\C=C)CNC(=C)C1CCCN1C.C=CCCN(N)C#N.Fc1ccccc1C1CC1. The van der Waals surface area contributed by atoms with Crippen molar-refractivity contribution in [2.45, 2.75) is 44.1 Å². The highest BCUT2D eigenvalue weighted by Crippen LogP contribution is 2.40. The lowest BCUT2D eigenvalue weighted by Crippen LogP contribution is -2.33. The minimum Gasteiger partial charge on any atom is -0.383 e. The van der Waals surface area contributed by atoms with E-state index in [0.717, 1.165) is 34.8 Å². The zero-order chi connectivity index (χ0) is 25.3. The van der Waals surface area contributed by atoms with Crippen LogP contribution in [-0.2, 0) is 0 Å². The molecule has 0 radical (unpaired) electrons. The van der Waals surface area contributed by atoms with E-state index in [0.29, 0.717) is 18.5 Å². The average molecular weight is 466 g/mol. The number of nitrogens with two attached hydrogens (primary N) is 1. The molecule has 0 spiro atoms. The van der Waals surface area contributed by atoms with Crippen LogP contribution in [0.3, 0.4) is 0 Å². The summed E-state index contributed by atoms with van der Waals surface area (Å²) >= 11 is 0. The number of nitrogens with zero attached hydrogens (tertiary/aromatic N) is 3. The van der Waals surface area contributed by atoms with Crippen molar-refractivity contribution in [1.82, 2.24) is 15.2 Å². The van der Waals surface area contributed by atoms with Crippen molar-refractivity contribution in [2.75, 3.05) is 26.7 Å². The summed E-state index contributed by atoms with van der Waals surface area (Å²) in [5.41, 5.74) is 3.15. The molecule has 2 fully saturated rings. The number of rotatable bonds is 10. The molecule has 34 heavy (non-hydrogen) atoms. The fourth-order valence-corrected chi connectivity index (χ4v) is 3.52. The van der Waals surface area contributed by atoms with Gasteiger partial charge in [-0.05, 0) is 68.8 Å². The molecule has 1 saturated carbocycles. The zero-order valence-electron chi connectivity index (χ0n) is 20.6. The molecular formula is C28H40FN5. The summed E-state index contributed by atoms with van der Waals surface area (Å²) < 4.78 is 12.9. The first-order chi connectivity index (χ1) is 16.4. The number of nitrogens with one attached hydrogen (secondary N) is 1. The number of allylic oxidation sites excluding steroid dienone is 2. The number of benzene rings is 1. The third-order valence-electron chi connectivity index (χ3n) is 5.66. The third-order valence-corrected chi connectivity index (χ3v) is 5.66. The van der Waals surface area contributed by atoms with Gasteiger partial charge in [0.25, 0.3) is 0 Å². The van der Waals surface area contributed by atoms with E-state index in [2.05, 4.69) is 43.6 Å². The molecule has 1 aromatic carbocycles. The van der Waals surface area contributed by atoms with E-state index in [1.807, 2.05) is 24.3 Å². The van der Waals surface area contributed by atoms with Crippen molar-refractivity contribution in [3.63, 3.8) is 0 Å². The molecule has 6 heteroatoms. The van der Waals surface area contributed by atoms with E-state index in [4.69, 9.17) is 11.1 Å². The van der Waals surface area contributed by atoms with Gasteiger partial charge in [0.15, 0.2) is 6.19 Å². The molecule has 3 rings (SSSR count). The summed E-state index contributed by atoms with van der Waals surface area (Å²) in [4.78, 5) is 2.35. The van der Waals surface area contributed by atoms with Crippen LogP contribution < -0.4 is 11.2 Å². The Balaban J connectivity index is 0.000000275. The van der Waals surface area contributed by atoms with Gasteiger partial charge in [0.05, 0.1) is 0 Å². The molecule has 3 N–H and O–H groups in total. The first kappa shape index (κ1) is 28.9. The highest BCUT2D eigenvalue weighted by molar-refractivity contribution is 5.25. The first-order valence-electron chi connectivity index (χ1n) is 11.7. The normalized spacial score (nSPS) is 17.1. The summed E-state index contributed by atoms with van der Waals surface area (Å²) in [5.74, 6) is 5.58. The Morgan fingerprint density at radius 3 is 2.50 bits per heavy atom. The second-order valence-corrected chi connectivity index (χ2v) is 8.37. The first-order valence-corrected chi connectivity index (χ1v) is 11.7. The Labute approximate surface area is 205 Å². The van der Waals surface area contributed by atoms with Gasteiger partial charge in [0, 0.05) is 24.8 Å². The zero-order valence-corrected chi connectivity index (χ0v) is 20.6. The molecule has 1 aliphatic heterocycles. The van der Waals surface area contributed by atoms with Gasteiger partial charge in [0.2, 0.25) is 0 Å². The Kier molecular flexibility index (Phi) is 14.0. The van der Waals surface area contributed by atoms with Gasteiger partial charge in [-0.15, -0.1) is 6.58 Å². The second-order valence-electron chi connectivity index (χ2n) is 8.37. The minimum atomic E-state index is -0.0370. The number of nitriles is 1. The van der Waals surface area contributed by atoms with Crippen LogP contribution in [0.25, 0.3) is 0 Å². The fourth-order valence-electron chi connectivity index (χ4n) is 3.52. The largest absolute Gasteiger partial charge is 0.383 e. The van der Waals surface area contributed by atoms with Gasteiger partial charge in [-0.3, -0.25) is 4.90 Å². The van der Waals surface area contributed by atoms with E-state index in [9.17, 15) is 4.39 Å². The maximum atomic E-state index is 12.9. The van der Waals surface area contributed by atoms with Gasteiger partial charge in [-0.25, -0.2) is 15.2 Å². The van der Waals surface area contributed by atoms with Crippen LogP contribution in [0.5, 0.6) is 0 Å². The summed E-state index contributed by atoms with van der Waals surface area (Å²) in [7, 11) is 2.15. The maximum absolute atomic E-state index is 12.9. The lowest BCUT2D eigenvalue weighted by atomic mass is 10.1. The van der Waals surface area contributed by atoms with Gasteiger partial charge in [-0.2, -0.15) is 5.26 Å². The van der Waals surface area contributed by atoms with Gasteiger partial charge in [-0.1, -0.05) is 62.2 Å². The molecule has 0 aromatic heterocycles. The number of likely N-dealkylation sites (N-methyl/N-ethyl adjacent to an activating group) is 1. The van der Waals surface area contributed by atoms with Crippen LogP contribution in [-0.4, -0.2) is 42.6 Å². The smallest absolute Gasteiger partial charge is 0.194 e. The standard InChI is InChI=1S/C14H22N2.C9H9F.C5H9N3/c1-5-8-13(6-2)11-15-12(3)14-9-7-10-16(14)4;10-9-4-2-1-3-8(9)7-5-6-7;1-2-3-4-8(7)5-6/h5-6,8,14-15H,1-3,7,9-11H2,4H3;1-4,7H,5-6H2;2H,1,3-4,7H2/b13-8+;;. The number of hydrazine groups is 1. The molecule has 0 bridgehead atoms. The van der Waals surface area contributed by atoms with Crippen LogP contribution in [0.2, 0.25) is 0 Å². The molecule has 1 aliphatic carbocycles. The lowest BCUT2D eigenvalue weighted by molar-refractivity contribution is 0.335. The molecular weight excluding hydrogens is 425 g/mol. The lowest BCUT2D eigenvalue weighted by Gasteiger charge is -2.23. The Morgan fingerprint density at radius 1 is 1.29 bits per heavy atom. The predicted molar refractivity (Wildman–Crippen MR) is 141 cm³/mol. The van der Waals surface area contributed by atoms with Crippen molar-refractivity contribution in [1.29, 1.82) is 5.26 Å². The monoisotopic (exact) mass is 465 g/mol. The number of likely N-dealkylation sites (tertiary alicyclic amines) is 1. The highest BCUT2D eigenvalue weighted by atomic mass is 19.1. The maximum Gasteiger partial charge on any atom is 0.194 e. The molecule has 1 unspecified atom stereocenters.